The van der Waals surface area contributed by atoms with Crippen LogP contribution in [0.2, 0.25) is 0 Å². The monoisotopic (exact) mass is 435 g/mol. The summed E-state index contributed by atoms with van der Waals surface area (Å²) in [5.74, 6) is 0.454. The maximum atomic E-state index is 12.7. The van der Waals surface area contributed by atoms with Gasteiger partial charge in [-0.15, -0.1) is 0 Å². The number of hydrogen-bond donors (Lipinski definition) is 0. The van der Waals surface area contributed by atoms with Crippen LogP contribution in [0.25, 0.3) is 11.0 Å². The Morgan fingerprint density at radius 1 is 1.12 bits per heavy atom. The lowest BCUT2D eigenvalue weighted by atomic mass is 9.99. The SMILES string of the molecule is CCOC(=O)CCc1c(C)c2ccc3c(c2oc1=O)CN(CCCc1ccccc1)CO3. The predicted octanol–water partition coefficient (Wildman–Crippen LogP) is 4.38. The summed E-state index contributed by atoms with van der Waals surface area (Å²) >= 11 is 0. The van der Waals surface area contributed by atoms with Crippen molar-refractivity contribution in [3.63, 3.8) is 0 Å². The van der Waals surface area contributed by atoms with Crippen LogP contribution in [0.15, 0.2) is 51.7 Å². The van der Waals surface area contributed by atoms with Gasteiger partial charge in [-0.05, 0) is 56.4 Å². The van der Waals surface area contributed by atoms with Crippen LogP contribution in [0, 0.1) is 6.92 Å². The van der Waals surface area contributed by atoms with E-state index in [2.05, 4.69) is 29.2 Å². The molecule has 0 amide bonds. The van der Waals surface area contributed by atoms with E-state index in [0.717, 1.165) is 41.6 Å². The number of benzene rings is 2. The zero-order valence-electron chi connectivity index (χ0n) is 18.7. The van der Waals surface area contributed by atoms with E-state index in [0.29, 0.717) is 37.4 Å². The second-order valence-corrected chi connectivity index (χ2v) is 8.13. The summed E-state index contributed by atoms with van der Waals surface area (Å²) in [6.45, 7) is 6.10. The maximum absolute atomic E-state index is 12.7. The summed E-state index contributed by atoms with van der Waals surface area (Å²) in [4.78, 5) is 26.7. The fourth-order valence-electron chi connectivity index (χ4n) is 4.25. The molecule has 1 aromatic heterocycles. The van der Waals surface area contributed by atoms with Crippen LogP contribution in [0.4, 0.5) is 0 Å². The van der Waals surface area contributed by atoms with Gasteiger partial charge in [0, 0.05) is 30.5 Å². The van der Waals surface area contributed by atoms with Crippen molar-refractivity contribution in [3.05, 3.63) is 75.1 Å². The zero-order chi connectivity index (χ0) is 22.5. The van der Waals surface area contributed by atoms with E-state index in [1.165, 1.54) is 5.56 Å². The number of rotatable bonds is 8. The summed E-state index contributed by atoms with van der Waals surface area (Å²) in [6.07, 6.45) is 2.50. The van der Waals surface area contributed by atoms with Crippen molar-refractivity contribution >= 4 is 16.9 Å². The molecule has 0 N–H and O–H groups in total. The zero-order valence-corrected chi connectivity index (χ0v) is 18.7. The standard InChI is InChI=1S/C26H29NO5/c1-3-30-24(28)14-12-21-18(2)20-11-13-23-22(25(20)32-26(21)29)16-27(17-31-23)15-7-10-19-8-5-4-6-9-19/h4-6,8-9,11,13H,3,7,10,12,14-17H2,1-2H3. The molecule has 0 fully saturated rings. The van der Waals surface area contributed by atoms with Gasteiger partial charge < -0.3 is 13.9 Å². The van der Waals surface area contributed by atoms with E-state index in [1.54, 1.807) is 6.92 Å². The Labute approximate surface area is 187 Å². The molecule has 0 unspecified atom stereocenters. The first-order chi connectivity index (χ1) is 15.6. The Balaban J connectivity index is 1.51. The largest absolute Gasteiger partial charge is 0.478 e. The van der Waals surface area contributed by atoms with Crippen molar-refractivity contribution < 1.29 is 18.7 Å². The van der Waals surface area contributed by atoms with E-state index in [9.17, 15) is 9.59 Å². The molecular weight excluding hydrogens is 406 g/mol. The molecule has 2 aromatic carbocycles. The first-order valence-electron chi connectivity index (χ1n) is 11.2. The third-order valence-corrected chi connectivity index (χ3v) is 5.97. The van der Waals surface area contributed by atoms with Gasteiger partial charge in [0.05, 0.1) is 12.2 Å². The minimum absolute atomic E-state index is 0.161. The molecule has 0 spiro atoms. The number of ether oxygens (including phenoxy) is 2. The molecule has 0 aliphatic carbocycles. The Bertz CT molecular complexity index is 1150. The predicted molar refractivity (Wildman–Crippen MR) is 123 cm³/mol. The van der Waals surface area contributed by atoms with Crippen molar-refractivity contribution in [1.29, 1.82) is 0 Å². The minimum Gasteiger partial charge on any atom is -0.478 e. The summed E-state index contributed by atoms with van der Waals surface area (Å²) < 4.78 is 16.7. The normalized spacial score (nSPS) is 13.6. The molecule has 0 bridgehead atoms. The summed E-state index contributed by atoms with van der Waals surface area (Å²) in [7, 11) is 0. The van der Waals surface area contributed by atoms with Gasteiger partial charge in [0.1, 0.15) is 18.1 Å². The van der Waals surface area contributed by atoms with Crippen LogP contribution in [-0.2, 0) is 28.9 Å². The van der Waals surface area contributed by atoms with E-state index < -0.39 is 5.63 Å². The van der Waals surface area contributed by atoms with Crippen LogP contribution >= 0.6 is 0 Å². The van der Waals surface area contributed by atoms with Gasteiger partial charge in [-0.3, -0.25) is 9.69 Å². The first kappa shape index (κ1) is 22.1. The molecular formula is C26H29NO5. The van der Waals surface area contributed by atoms with E-state index in [-0.39, 0.29) is 12.4 Å². The van der Waals surface area contributed by atoms with Crippen molar-refractivity contribution in [2.45, 2.75) is 46.1 Å². The van der Waals surface area contributed by atoms with Gasteiger partial charge in [0.25, 0.3) is 0 Å². The number of fused-ring (bicyclic) bond motifs is 3. The molecule has 0 radical (unpaired) electrons. The third-order valence-electron chi connectivity index (χ3n) is 5.97. The molecule has 32 heavy (non-hydrogen) atoms. The maximum Gasteiger partial charge on any atom is 0.339 e. The van der Waals surface area contributed by atoms with Gasteiger partial charge in [-0.1, -0.05) is 30.3 Å². The van der Waals surface area contributed by atoms with E-state index >= 15 is 0 Å². The summed E-state index contributed by atoms with van der Waals surface area (Å²) in [6, 6.07) is 14.3. The number of esters is 1. The van der Waals surface area contributed by atoms with E-state index in [1.807, 2.05) is 25.1 Å². The third kappa shape index (κ3) is 4.86. The average molecular weight is 436 g/mol. The van der Waals surface area contributed by atoms with Crippen LogP contribution in [-0.4, -0.2) is 30.8 Å². The molecule has 0 atom stereocenters. The van der Waals surface area contributed by atoms with Gasteiger partial charge in [-0.2, -0.15) is 0 Å². The number of nitrogens with zero attached hydrogens (tertiary/aromatic N) is 1. The lowest BCUT2D eigenvalue weighted by Crippen LogP contribution is -2.33. The molecule has 3 aromatic rings. The summed E-state index contributed by atoms with van der Waals surface area (Å²) in [5, 5.41) is 0.886. The molecule has 4 rings (SSSR count). The smallest absolute Gasteiger partial charge is 0.339 e. The Morgan fingerprint density at radius 2 is 1.94 bits per heavy atom. The Kier molecular flexibility index (Phi) is 6.90. The molecule has 0 saturated carbocycles. The topological polar surface area (TPSA) is 69.0 Å². The van der Waals surface area contributed by atoms with E-state index in [4.69, 9.17) is 13.9 Å². The number of hydrogen-bond acceptors (Lipinski definition) is 6. The molecule has 2 heterocycles. The Hall–Kier alpha value is -3.12. The van der Waals surface area contributed by atoms with Gasteiger partial charge in [0.15, 0.2) is 0 Å². The lowest BCUT2D eigenvalue weighted by Gasteiger charge is -2.29. The van der Waals surface area contributed by atoms with Crippen LogP contribution in [0.3, 0.4) is 0 Å². The van der Waals surface area contributed by atoms with Crippen molar-refractivity contribution in [2.24, 2.45) is 0 Å². The van der Waals surface area contributed by atoms with Crippen LogP contribution in [0.5, 0.6) is 5.75 Å². The second-order valence-electron chi connectivity index (χ2n) is 8.13. The number of carbonyl (C=O) groups excluding carboxylic acids is 1. The average Bonchev–Trinajstić information content (AvgIpc) is 2.80. The molecule has 0 saturated heterocycles. The van der Waals surface area contributed by atoms with Crippen LogP contribution < -0.4 is 10.4 Å². The second kappa shape index (κ2) is 10.0. The first-order valence-corrected chi connectivity index (χ1v) is 11.2. The Morgan fingerprint density at radius 3 is 2.72 bits per heavy atom. The number of aryl methyl sites for hydroxylation is 2. The highest BCUT2D eigenvalue weighted by Crippen LogP contribution is 2.33. The molecule has 168 valence electrons. The fraction of sp³-hybridized carbons (Fsp3) is 0.385. The minimum atomic E-state index is -0.395. The highest BCUT2D eigenvalue weighted by atomic mass is 16.5. The highest BCUT2D eigenvalue weighted by molar-refractivity contribution is 5.86. The molecule has 6 heteroatoms. The number of carbonyl (C=O) groups is 1. The van der Waals surface area contributed by atoms with Crippen molar-refractivity contribution in [1.82, 2.24) is 4.90 Å². The quantitative estimate of drug-likeness (QED) is 0.386. The molecule has 1 aliphatic rings. The highest BCUT2D eigenvalue weighted by Gasteiger charge is 2.23. The van der Waals surface area contributed by atoms with Gasteiger partial charge >= 0.3 is 11.6 Å². The van der Waals surface area contributed by atoms with Gasteiger partial charge in [-0.25, -0.2) is 4.79 Å². The van der Waals surface area contributed by atoms with Gasteiger partial charge in [0.2, 0.25) is 0 Å². The summed E-state index contributed by atoms with van der Waals surface area (Å²) in [5.41, 5.74) is 3.80. The van der Waals surface area contributed by atoms with Crippen LogP contribution in [0.1, 0.15) is 42.0 Å². The molecule has 6 nitrogen and oxygen atoms in total. The fourth-order valence-corrected chi connectivity index (χ4v) is 4.25. The van der Waals surface area contributed by atoms with Crippen molar-refractivity contribution in [2.75, 3.05) is 19.9 Å². The molecule has 1 aliphatic heterocycles. The van der Waals surface area contributed by atoms with Crippen molar-refractivity contribution in [3.8, 4) is 5.75 Å². The lowest BCUT2D eigenvalue weighted by molar-refractivity contribution is -0.143.